The Kier molecular flexibility index (Phi) is 11.9. The summed E-state index contributed by atoms with van der Waals surface area (Å²) >= 11 is 0. The quantitative estimate of drug-likeness (QED) is 0.230. The summed E-state index contributed by atoms with van der Waals surface area (Å²) in [6.45, 7) is 14.2. The highest BCUT2D eigenvalue weighted by molar-refractivity contribution is 5.78. The second kappa shape index (κ2) is 14.4. The van der Waals surface area contributed by atoms with Crippen LogP contribution in [-0.2, 0) is 19.0 Å². The van der Waals surface area contributed by atoms with E-state index < -0.39 is 0 Å². The summed E-state index contributed by atoms with van der Waals surface area (Å²) in [6.07, 6.45) is 15.1. The van der Waals surface area contributed by atoms with Gasteiger partial charge in [0, 0.05) is 32.1 Å². The zero-order valence-electron chi connectivity index (χ0n) is 25.1. The molecule has 0 radical (unpaired) electrons. The van der Waals surface area contributed by atoms with Gasteiger partial charge in [0.2, 0.25) is 5.91 Å². The Morgan fingerprint density at radius 1 is 1.18 bits per heavy atom. The van der Waals surface area contributed by atoms with Crippen LogP contribution < -0.4 is 5.32 Å². The molecule has 0 aromatic rings. The molecule has 2 aliphatic heterocycles. The summed E-state index contributed by atoms with van der Waals surface area (Å²) in [7, 11) is 1.80. The van der Waals surface area contributed by atoms with Crippen LogP contribution in [0.1, 0.15) is 92.9 Å². The highest BCUT2D eigenvalue weighted by Gasteiger charge is 2.56. The van der Waals surface area contributed by atoms with E-state index in [4.69, 9.17) is 14.2 Å². The number of aliphatic hydroxyl groups is 1. The van der Waals surface area contributed by atoms with Crippen molar-refractivity contribution in [2.45, 2.75) is 123 Å². The predicted molar refractivity (Wildman–Crippen MR) is 153 cm³/mol. The average Bonchev–Trinajstić information content (AvgIpc) is 3.58. The summed E-state index contributed by atoms with van der Waals surface area (Å²) in [5.41, 5.74) is 1.18. The zero-order chi connectivity index (χ0) is 27.9. The maximum atomic E-state index is 12.7. The molecule has 0 unspecified atom stereocenters. The number of ether oxygens (including phenoxy) is 3. The summed E-state index contributed by atoms with van der Waals surface area (Å²) in [6, 6.07) is 0. The molecular weight excluding hydrogens is 478 g/mol. The minimum absolute atomic E-state index is 0.0603. The van der Waals surface area contributed by atoms with Crippen LogP contribution >= 0.6 is 0 Å². The Labute approximate surface area is 232 Å². The Morgan fingerprint density at radius 3 is 2.53 bits per heavy atom. The number of epoxide rings is 1. The van der Waals surface area contributed by atoms with Crippen LogP contribution in [0.4, 0.5) is 0 Å². The molecule has 38 heavy (non-hydrogen) atoms. The molecule has 6 nitrogen and oxygen atoms in total. The van der Waals surface area contributed by atoms with E-state index in [9.17, 15) is 9.90 Å². The van der Waals surface area contributed by atoms with E-state index in [2.05, 4.69) is 65.1 Å². The van der Waals surface area contributed by atoms with Crippen LogP contribution in [0.15, 0.2) is 23.8 Å². The molecule has 0 aromatic heterocycles. The van der Waals surface area contributed by atoms with Crippen molar-refractivity contribution in [1.29, 1.82) is 0 Å². The van der Waals surface area contributed by atoms with Crippen molar-refractivity contribution in [2.75, 3.05) is 20.3 Å². The first kappa shape index (κ1) is 31.3. The lowest BCUT2D eigenvalue weighted by molar-refractivity contribution is -0.128. The molecule has 218 valence electrons. The Hall–Kier alpha value is -1.21. The number of carbonyl (C=O) groups is 1. The lowest BCUT2D eigenvalue weighted by atomic mass is 9.82. The third-order valence-corrected chi connectivity index (χ3v) is 9.46. The molecular formula is C32H55NO5. The van der Waals surface area contributed by atoms with Crippen LogP contribution in [-0.4, -0.2) is 61.3 Å². The summed E-state index contributed by atoms with van der Waals surface area (Å²) in [5.74, 6) is 1.89. The fraction of sp³-hybridized carbons (Fsp3) is 0.844. The van der Waals surface area contributed by atoms with Crippen molar-refractivity contribution in [3.63, 3.8) is 0 Å². The lowest BCUT2D eigenvalue weighted by Gasteiger charge is -2.36. The predicted octanol–water partition coefficient (Wildman–Crippen LogP) is 5.83. The number of methoxy groups -OCH3 is 1. The maximum Gasteiger partial charge on any atom is 0.223 e. The molecule has 1 saturated carbocycles. The monoisotopic (exact) mass is 533 g/mol. The van der Waals surface area contributed by atoms with Crippen LogP contribution in [0, 0.1) is 29.6 Å². The first-order valence-corrected chi connectivity index (χ1v) is 15.2. The molecule has 8 atom stereocenters. The maximum absolute atomic E-state index is 12.7. The fourth-order valence-corrected chi connectivity index (χ4v) is 6.91. The second-order valence-electron chi connectivity index (χ2n) is 12.7. The topological polar surface area (TPSA) is 80.3 Å². The smallest absolute Gasteiger partial charge is 0.223 e. The SMILES string of the molecule is CC[C@H](OC)[C@@H](C)[C@H]1O[C@]1(C)C[C@H](C)/C=C/C=C(\C)[C@H]1O[C@@H](CNC(=O)C2CCC(CO)CC2)CC[C@@H]1C. The fourth-order valence-electron chi connectivity index (χ4n) is 6.91. The Morgan fingerprint density at radius 2 is 1.89 bits per heavy atom. The van der Waals surface area contributed by atoms with E-state index in [0.29, 0.717) is 30.2 Å². The number of nitrogens with one attached hydrogen (secondary N) is 1. The molecule has 0 spiro atoms. The number of hydrogen-bond acceptors (Lipinski definition) is 5. The Balaban J connectivity index is 1.44. The van der Waals surface area contributed by atoms with Gasteiger partial charge in [-0.2, -0.15) is 0 Å². The van der Waals surface area contributed by atoms with E-state index >= 15 is 0 Å². The summed E-state index contributed by atoms with van der Waals surface area (Å²) in [5, 5.41) is 12.5. The second-order valence-corrected chi connectivity index (χ2v) is 12.7. The molecule has 3 aliphatic rings. The average molecular weight is 534 g/mol. The van der Waals surface area contributed by atoms with Gasteiger partial charge in [0.1, 0.15) is 0 Å². The van der Waals surface area contributed by atoms with Gasteiger partial charge in [0.15, 0.2) is 0 Å². The summed E-state index contributed by atoms with van der Waals surface area (Å²) < 4.78 is 18.3. The lowest BCUT2D eigenvalue weighted by Crippen LogP contribution is -2.43. The number of rotatable bonds is 13. The van der Waals surface area contributed by atoms with Gasteiger partial charge < -0.3 is 24.6 Å². The van der Waals surface area contributed by atoms with Gasteiger partial charge in [-0.05, 0) is 88.5 Å². The zero-order valence-corrected chi connectivity index (χ0v) is 25.1. The van der Waals surface area contributed by atoms with Gasteiger partial charge in [-0.15, -0.1) is 0 Å². The number of amides is 1. The first-order chi connectivity index (χ1) is 18.1. The molecule has 2 saturated heterocycles. The Bertz CT molecular complexity index is 800. The van der Waals surface area contributed by atoms with Crippen molar-refractivity contribution in [3.8, 4) is 0 Å². The third kappa shape index (κ3) is 8.39. The van der Waals surface area contributed by atoms with E-state index in [1.807, 2.05) is 0 Å². The van der Waals surface area contributed by atoms with E-state index in [1.165, 1.54) is 5.57 Å². The van der Waals surface area contributed by atoms with E-state index in [0.717, 1.165) is 51.4 Å². The third-order valence-electron chi connectivity index (χ3n) is 9.46. The van der Waals surface area contributed by atoms with Crippen LogP contribution in [0.2, 0.25) is 0 Å². The van der Waals surface area contributed by atoms with Gasteiger partial charge in [0.05, 0.1) is 30.0 Å². The van der Waals surface area contributed by atoms with E-state index in [1.54, 1.807) is 7.11 Å². The number of hydrogen-bond donors (Lipinski definition) is 2. The van der Waals surface area contributed by atoms with E-state index in [-0.39, 0.29) is 48.4 Å². The minimum Gasteiger partial charge on any atom is -0.396 e. The van der Waals surface area contributed by atoms with Crippen LogP contribution in [0.25, 0.3) is 0 Å². The molecule has 0 aromatic carbocycles. The molecule has 3 rings (SSSR count). The standard InChI is InChI=1S/C32H55NO5/c1-8-28(36-7)24(5)30-32(6,38-30)18-21(2)10-9-11-22(3)29-23(4)12-17-27(37-29)19-33-31(35)26-15-13-25(20-34)14-16-26/h9-11,21,23-30,34H,8,12-20H2,1-7H3,(H,33,35)/b10-9+,22-11+/t21-,23+,24-,25?,26?,27-,28+,29-,30-,32-/m1/s1. The van der Waals surface area contributed by atoms with Gasteiger partial charge in [-0.1, -0.05) is 45.9 Å². The molecule has 3 fully saturated rings. The number of carbonyl (C=O) groups excluding carboxylic acids is 1. The van der Waals surface area contributed by atoms with Crippen molar-refractivity contribution in [2.24, 2.45) is 29.6 Å². The highest BCUT2D eigenvalue weighted by Crippen LogP contribution is 2.47. The van der Waals surface area contributed by atoms with Gasteiger partial charge in [-0.3, -0.25) is 4.79 Å². The molecule has 0 bridgehead atoms. The molecule has 2 N–H and O–H groups in total. The largest absolute Gasteiger partial charge is 0.396 e. The van der Waals surface area contributed by atoms with Gasteiger partial charge >= 0.3 is 0 Å². The minimum atomic E-state index is -0.0648. The summed E-state index contributed by atoms with van der Waals surface area (Å²) in [4.78, 5) is 12.7. The van der Waals surface area contributed by atoms with Gasteiger partial charge in [-0.25, -0.2) is 0 Å². The molecule has 1 aliphatic carbocycles. The van der Waals surface area contributed by atoms with Gasteiger partial charge in [0.25, 0.3) is 0 Å². The number of aliphatic hydroxyl groups excluding tert-OH is 1. The normalized spacial score (nSPS) is 36.6. The van der Waals surface area contributed by atoms with Crippen molar-refractivity contribution in [1.82, 2.24) is 5.32 Å². The van der Waals surface area contributed by atoms with Crippen LogP contribution in [0.5, 0.6) is 0 Å². The molecule has 6 heteroatoms. The van der Waals surface area contributed by atoms with Crippen molar-refractivity contribution in [3.05, 3.63) is 23.8 Å². The van der Waals surface area contributed by atoms with Crippen molar-refractivity contribution >= 4 is 5.91 Å². The van der Waals surface area contributed by atoms with Crippen molar-refractivity contribution < 1.29 is 24.1 Å². The first-order valence-electron chi connectivity index (χ1n) is 15.2. The number of allylic oxidation sites excluding steroid dienone is 3. The molecule has 2 heterocycles. The highest BCUT2D eigenvalue weighted by atomic mass is 16.6. The van der Waals surface area contributed by atoms with Crippen LogP contribution in [0.3, 0.4) is 0 Å². The molecule has 1 amide bonds.